The number of nitrogens with one attached hydrogen (secondary N) is 2. The Morgan fingerprint density at radius 2 is 2.12 bits per heavy atom. The maximum absolute atomic E-state index is 9.34. The summed E-state index contributed by atoms with van der Waals surface area (Å²) in [6.07, 6.45) is 1.70. The van der Waals surface area contributed by atoms with Crippen LogP contribution in [0.25, 0.3) is 0 Å². The average Bonchev–Trinajstić information content (AvgIpc) is 3.27. The van der Waals surface area contributed by atoms with Crippen LogP contribution in [0.2, 0.25) is 0 Å². The molecule has 1 unspecified atom stereocenters. The number of nitrogens with zero attached hydrogens (tertiary/aromatic N) is 1. The van der Waals surface area contributed by atoms with E-state index in [9.17, 15) is 5.11 Å². The van der Waals surface area contributed by atoms with Crippen LogP contribution in [-0.4, -0.2) is 50.8 Å². The molecule has 0 amide bonds. The Labute approximate surface area is 171 Å². The van der Waals surface area contributed by atoms with Gasteiger partial charge < -0.3 is 30.0 Å². The number of halogens is 1. The molecule has 1 aromatic carbocycles. The van der Waals surface area contributed by atoms with E-state index in [0.717, 1.165) is 55.6 Å². The van der Waals surface area contributed by atoms with Gasteiger partial charge in [-0.05, 0) is 37.5 Å². The lowest BCUT2D eigenvalue weighted by molar-refractivity contribution is 0.127. The highest BCUT2D eigenvalue weighted by molar-refractivity contribution is 14.0. The van der Waals surface area contributed by atoms with Gasteiger partial charge in [0.1, 0.15) is 0 Å². The number of fused-ring (bicyclic) bond motifs is 1. The first-order chi connectivity index (χ1) is 12.2. The summed E-state index contributed by atoms with van der Waals surface area (Å²) in [5.41, 5.74) is 1.06. The van der Waals surface area contributed by atoms with Crippen LogP contribution in [0.1, 0.15) is 25.3 Å². The van der Waals surface area contributed by atoms with Crippen LogP contribution < -0.4 is 20.1 Å². The van der Waals surface area contributed by atoms with Gasteiger partial charge in [0, 0.05) is 31.7 Å². The van der Waals surface area contributed by atoms with Gasteiger partial charge in [-0.1, -0.05) is 6.07 Å². The summed E-state index contributed by atoms with van der Waals surface area (Å²) in [7, 11) is 0. The normalized spacial score (nSPS) is 21.4. The first kappa shape index (κ1) is 21.0. The smallest absolute Gasteiger partial charge is 0.231 e. The molecular formula is C18H28IN3O4. The Bertz CT molecular complexity index is 606. The van der Waals surface area contributed by atoms with Gasteiger partial charge in [0.2, 0.25) is 6.79 Å². The zero-order chi connectivity index (χ0) is 17.5. The molecule has 3 N–H and O–H groups in total. The Balaban J connectivity index is 0.00000243. The molecule has 0 saturated carbocycles. The maximum Gasteiger partial charge on any atom is 0.231 e. The highest BCUT2D eigenvalue weighted by atomic mass is 127. The summed E-state index contributed by atoms with van der Waals surface area (Å²) in [4.78, 5) is 4.66. The highest BCUT2D eigenvalue weighted by Gasteiger charge is 2.34. The minimum Gasteiger partial charge on any atom is -0.454 e. The van der Waals surface area contributed by atoms with E-state index in [1.807, 2.05) is 25.1 Å². The van der Waals surface area contributed by atoms with Crippen LogP contribution in [0.4, 0.5) is 0 Å². The summed E-state index contributed by atoms with van der Waals surface area (Å²) in [6, 6.07) is 5.88. The van der Waals surface area contributed by atoms with E-state index < -0.39 is 0 Å². The second-order valence-electron chi connectivity index (χ2n) is 6.51. The minimum atomic E-state index is -0.0102. The number of hydrogen-bond donors (Lipinski definition) is 3. The predicted octanol–water partition coefficient (Wildman–Crippen LogP) is 1.88. The van der Waals surface area contributed by atoms with Gasteiger partial charge in [0.05, 0.1) is 13.2 Å². The van der Waals surface area contributed by atoms with Crippen LogP contribution in [0.3, 0.4) is 0 Å². The SMILES string of the molecule is CCNC(=NCc1ccc2c(c1)OCO2)NCC1(CCO)CCOC1.I. The molecule has 0 aromatic heterocycles. The number of aliphatic hydroxyl groups excluding tert-OH is 1. The van der Waals surface area contributed by atoms with Crippen molar-refractivity contribution in [3.63, 3.8) is 0 Å². The second kappa shape index (κ2) is 10.2. The lowest BCUT2D eigenvalue weighted by Gasteiger charge is -2.27. The molecule has 2 aliphatic heterocycles. The molecule has 7 nitrogen and oxygen atoms in total. The third kappa shape index (κ3) is 5.37. The van der Waals surface area contributed by atoms with E-state index in [4.69, 9.17) is 14.2 Å². The monoisotopic (exact) mass is 477 g/mol. The molecule has 2 heterocycles. The Morgan fingerprint density at radius 3 is 2.85 bits per heavy atom. The Hall–Kier alpha value is -1.26. The standard InChI is InChI=1S/C18H27N3O4.HI/c1-2-19-17(21-11-18(5-7-22)6-8-23-12-18)20-10-14-3-4-15-16(9-14)25-13-24-15;/h3-4,9,22H,2,5-8,10-13H2,1H3,(H2,19,20,21);1H. The molecule has 1 aromatic rings. The largest absolute Gasteiger partial charge is 0.454 e. The Kier molecular flexibility index (Phi) is 8.23. The highest BCUT2D eigenvalue weighted by Crippen LogP contribution is 2.33. The minimum absolute atomic E-state index is 0. The zero-order valence-electron chi connectivity index (χ0n) is 15.1. The van der Waals surface area contributed by atoms with Gasteiger partial charge in [-0.15, -0.1) is 24.0 Å². The number of benzene rings is 1. The number of guanidine groups is 1. The molecule has 0 bridgehead atoms. The van der Waals surface area contributed by atoms with E-state index >= 15 is 0 Å². The predicted molar refractivity (Wildman–Crippen MR) is 110 cm³/mol. The molecule has 26 heavy (non-hydrogen) atoms. The molecule has 146 valence electrons. The van der Waals surface area contributed by atoms with Crippen LogP contribution in [0.15, 0.2) is 23.2 Å². The molecule has 1 fully saturated rings. The van der Waals surface area contributed by atoms with Crippen LogP contribution in [0, 0.1) is 5.41 Å². The molecule has 0 aliphatic carbocycles. The van der Waals surface area contributed by atoms with Crippen LogP contribution in [0.5, 0.6) is 11.5 Å². The van der Waals surface area contributed by atoms with E-state index in [2.05, 4.69) is 15.6 Å². The lowest BCUT2D eigenvalue weighted by atomic mass is 9.84. The quantitative estimate of drug-likeness (QED) is 0.316. The number of hydrogen-bond acceptors (Lipinski definition) is 5. The molecule has 0 spiro atoms. The third-order valence-electron chi connectivity index (χ3n) is 4.66. The fourth-order valence-electron chi connectivity index (χ4n) is 3.13. The van der Waals surface area contributed by atoms with Gasteiger partial charge in [0.15, 0.2) is 17.5 Å². The summed E-state index contributed by atoms with van der Waals surface area (Å²) in [5, 5.41) is 16.0. The first-order valence-electron chi connectivity index (χ1n) is 8.84. The molecular weight excluding hydrogens is 449 g/mol. The molecule has 1 atom stereocenters. The zero-order valence-corrected chi connectivity index (χ0v) is 17.5. The number of aliphatic hydroxyl groups is 1. The number of rotatable bonds is 7. The summed E-state index contributed by atoms with van der Waals surface area (Å²) < 4.78 is 16.3. The van der Waals surface area contributed by atoms with Gasteiger partial charge in [-0.2, -0.15) is 0 Å². The molecule has 8 heteroatoms. The summed E-state index contributed by atoms with van der Waals surface area (Å²) in [5.74, 6) is 2.32. The van der Waals surface area contributed by atoms with Crippen molar-refractivity contribution in [3.05, 3.63) is 23.8 Å². The van der Waals surface area contributed by atoms with Crippen LogP contribution in [-0.2, 0) is 11.3 Å². The molecule has 0 radical (unpaired) electrons. The van der Waals surface area contributed by atoms with Crippen molar-refractivity contribution in [1.29, 1.82) is 0 Å². The van der Waals surface area contributed by atoms with Crippen molar-refractivity contribution in [1.82, 2.24) is 10.6 Å². The Morgan fingerprint density at radius 1 is 1.27 bits per heavy atom. The number of ether oxygens (including phenoxy) is 3. The molecule has 2 aliphatic rings. The van der Waals surface area contributed by atoms with Crippen molar-refractivity contribution in [2.24, 2.45) is 10.4 Å². The summed E-state index contributed by atoms with van der Waals surface area (Å²) >= 11 is 0. The van der Waals surface area contributed by atoms with Crippen molar-refractivity contribution in [2.75, 3.05) is 39.7 Å². The first-order valence-corrected chi connectivity index (χ1v) is 8.84. The van der Waals surface area contributed by atoms with Crippen molar-refractivity contribution in [3.8, 4) is 11.5 Å². The van der Waals surface area contributed by atoms with Gasteiger partial charge in [-0.25, -0.2) is 4.99 Å². The lowest BCUT2D eigenvalue weighted by Crippen LogP contribution is -2.44. The molecule has 1 saturated heterocycles. The number of aliphatic imine (C=N–C) groups is 1. The van der Waals surface area contributed by atoms with E-state index in [-0.39, 0.29) is 42.8 Å². The fraction of sp³-hybridized carbons (Fsp3) is 0.611. The second-order valence-corrected chi connectivity index (χ2v) is 6.51. The molecule has 3 rings (SSSR count). The van der Waals surface area contributed by atoms with E-state index in [0.29, 0.717) is 13.2 Å². The van der Waals surface area contributed by atoms with Gasteiger partial charge in [0.25, 0.3) is 0 Å². The van der Waals surface area contributed by atoms with Crippen molar-refractivity contribution in [2.45, 2.75) is 26.3 Å². The topological polar surface area (TPSA) is 84.3 Å². The fourth-order valence-corrected chi connectivity index (χ4v) is 3.13. The average molecular weight is 477 g/mol. The van der Waals surface area contributed by atoms with Crippen molar-refractivity contribution >= 4 is 29.9 Å². The third-order valence-corrected chi connectivity index (χ3v) is 4.66. The summed E-state index contributed by atoms with van der Waals surface area (Å²) in [6.45, 7) is 6.01. The van der Waals surface area contributed by atoms with E-state index in [1.165, 1.54) is 0 Å². The van der Waals surface area contributed by atoms with Crippen molar-refractivity contribution < 1.29 is 19.3 Å². The van der Waals surface area contributed by atoms with E-state index in [1.54, 1.807) is 0 Å². The maximum atomic E-state index is 9.34. The van der Waals surface area contributed by atoms with Gasteiger partial charge in [-0.3, -0.25) is 0 Å². The van der Waals surface area contributed by atoms with Gasteiger partial charge >= 0.3 is 0 Å². The van der Waals surface area contributed by atoms with Crippen LogP contribution >= 0.6 is 24.0 Å².